The Kier molecular flexibility index (Phi) is 9.38. The summed E-state index contributed by atoms with van der Waals surface area (Å²) in [5, 5.41) is 0. The molecule has 0 amide bonds. The molecule has 240 valence electrons. The normalized spacial score (nSPS) is 14.9. The number of thiazole rings is 1. The first-order valence-electron chi connectivity index (χ1n) is 14.3. The predicted molar refractivity (Wildman–Crippen MR) is 170 cm³/mol. The molecule has 0 saturated heterocycles. The minimum absolute atomic E-state index is 0.0574. The number of rotatable bonds is 9. The molecule has 0 bridgehead atoms. The number of alkyl halides is 3. The largest absolute Gasteiger partial charge is 0.496 e. The number of esters is 1. The number of hydrogen-bond donors (Lipinski definition) is 0. The quantitative estimate of drug-likeness (QED) is 0.224. The van der Waals surface area contributed by atoms with Gasteiger partial charge in [0.05, 0.1) is 41.1 Å². The maximum absolute atomic E-state index is 14.0. The van der Waals surface area contributed by atoms with Crippen molar-refractivity contribution in [2.24, 2.45) is 4.99 Å². The third-order valence-corrected chi connectivity index (χ3v) is 8.38. The molecule has 4 aromatic rings. The van der Waals surface area contributed by atoms with E-state index in [4.69, 9.17) is 14.2 Å². The summed E-state index contributed by atoms with van der Waals surface area (Å²) in [4.78, 5) is 34.2. The number of allylic oxidation sites excluding steroid dienone is 1. The first kappa shape index (κ1) is 32.6. The van der Waals surface area contributed by atoms with E-state index in [2.05, 4.69) is 4.99 Å². The van der Waals surface area contributed by atoms with Crippen LogP contribution in [0, 0.1) is 0 Å². The van der Waals surface area contributed by atoms with Crippen LogP contribution in [0.2, 0.25) is 0 Å². The zero-order chi connectivity index (χ0) is 33.2. The van der Waals surface area contributed by atoms with E-state index >= 15 is 0 Å². The first-order valence-corrected chi connectivity index (χ1v) is 15.2. The Balaban J connectivity index is 1.55. The molecule has 0 aliphatic carbocycles. The molecule has 1 aromatic heterocycles. The molecule has 5 rings (SSSR count). The summed E-state index contributed by atoms with van der Waals surface area (Å²) in [6.45, 7) is 3.55. The van der Waals surface area contributed by atoms with Crippen LogP contribution >= 0.6 is 11.3 Å². The topological polar surface area (TPSA) is 82.4 Å². The molecule has 0 fully saturated rings. The second-order valence-electron chi connectivity index (χ2n) is 10.7. The van der Waals surface area contributed by atoms with Crippen LogP contribution in [0.5, 0.6) is 11.5 Å². The number of halogens is 3. The summed E-state index contributed by atoms with van der Waals surface area (Å²) < 4.78 is 57.9. The first-order chi connectivity index (χ1) is 21.9. The van der Waals surface area contributed by atoms with Crippen molar-refractivity contribution >= 4 is 29.1 Å². The lowest BCUT2D eigenvalue weighted by molar-refractivity contribution is -0.139. The van der Waals surface area contributed by atoms with Crippen LogP contribution in [0.15, 0.2) is 87.8 Å². The summed E-state index contributed by atoms with van der Waals surface area (Å²) in [5.74, 6) is -0.0104. The Morgan fingerprint density at radius 2 is 1.83 bits per heavy atom. The van der Waals surface area contributed by atoms with Crippen molar-refractivity contribution in [3.63, 3.8) is 0 Å². The fourth-order valence-electron chi connectivity index (χ4n) is 5.14. The van der Waals surface area contributed by atoms with Crippen LogP contribution in [-0.2, 0) is 22.3 Å². The van der Waals surface area contributed by atoms with Crippen LogP contribution in [0.4, 0.5) is 18.9 Å². The van der Waals surface area contributed by atoms with Crippen molar-refractivity contribution in [2.45, 2.75) is 32.7 Å². The van der Waals surface area contributed by atoms with Gasteiger partial charge in [0.25, 0.3) is 5.56 Å². The number of methoxy groups -OCH3 is 1. The van der Waals surface area contributed by atoms with E-state index < -0.39 is 23.8 Å². The van der Waals surface area contributed by atoms with Crippen LogP contribution < -0.4 is 29.3 Å². The summed E-state index contributed by atoms with van der Waals surface area (Å²) in [7, 11) is 5.33. The molecule has 1 unspecified atom stereocenters. The van der Waals surface area contributed by atoms with E-state index in [1.54, 1.807) is 38.1 Å². The van der Waals surface area contributed by atoms with Crippen molar-refractivity contribution in [3.05, 3.63) is 120 Å². The molecule has 12 heteroatoms. The number of carbonyl (C=O) groups is 1. The van der Waals surface area contributed by atoms with E-state index in [9.17, 15) is 22.8 Å². The zero-order valence-corrected chi connectivity index (χ0v) is 26.7. The van der Waals surface area contributed by atoms with Gasteiger partial charge >= 0.3 is 12.1 Å². The van der Waals surface area contributed by atoms with Gasteiger partial charge in [0, 0.05) is 25.3 Å². The van der Waals surface area contributed by atoms with Gasteiger partial charge in [-0.2, -0.15) is 13.2 Å². The summed E-state index contributed by atoms with van der Waals surface area (Å²) in [5.41, 5.74) is 2.51. The van der Waals surface area contributed by atoms with Crippen LogP contribution in [0.3, 0.4) is 0 Å². The van der Waals surface area contributed by atoms with Gasteiger partial charge < -0.3 is 19.1 Å². The molecule has 3 aromatic carbocycles. The molecule has 0 spiro atoms. The molecule has 1 aliphatic rings. The third kappa shape index (κ3) is 6.71. The standard InChI is InChI=1S/C34H32F3N3O5S/c1-6-44-32(42)29-20(2)38-33-40(30(29)22-11-13-25(14-12-22)39(3)4)31(41)28(46-33)17-21-10-15-27(43-5)23(16-21)19-45-26-9-7-8-24(18-26)34(35,36)37/h7-18,30H,6,19H2,1-5H3/b28-17+. The fraction of sp³-hybridized carbons (Fsp3) is 0.265. The second kappa shape index (κ2) is 13.3. The van der Waals surface area contributed by atoms with Gasteiger partial charge in [-0.05, 0) is 73.5 Å². The van der Waals surface area contributed by atoms with Gasteiger partial charge in [-0.3, -0.25) is 9.36 Å². The summed E-state index contributed by atoms with van der Waals surface area (Å²) in [6, 6.07) is 16.7. The lowest BCUT2D eigenvalue weighted by atomic mass is 9.95. The molecule has 1 atom stereocenters. The Hall–Kier alpha value is -4.84. The summed E-state index contributed by atoms with van der Waals surface area (Å²) >= 11 is 1.19. The highest BCUT2D eigenvalue weighted by Gasteiger charge is 2.33. The highest BCUT2D eigenvalue weighted by Crippen LogP contribution is 2.33. The molecule has 8 nitrogen and oxygen atoms in total. The van der Waals surface area contributed by atoms with Crippen LogP contribution in [-0.4, -0.2) is 38.3 Å². The maximum atomic E-state index is 14.0. The van der Waals surface area contributed by atoms with Gasteiger partial charge in [-0.25, -0.2) is 9.79 Å². The lowest BCUT2D eigenvalue weighted by Crippen LogP contribution is -2.39. The van der Waals surface area contributed by atoms with E-state index in [0.717, 1.165) is 23.4 Å². The number of fused-ring (bicyclic) bond motifs is 1. The molecule has 46 heavy (non-hydrogen) atoms. The van der Waals surface area contributed by atoms with Crippen molar-refractivity contribution in [2.75, 3.05) is 32.7 Å². The van der Waals surface area contributed by atoms with Crippen LogP contribution in [0.1, 0.15) is 42.1 Å². The van der Waals surface area contributed by atoms with E-state index in [1.807, 2.05) is 43.3 Å². The van der Waals surface area contributed by atoms with Crippen molar-refractivity contribution in [1.29, 1.82) is 0 Å². The second-order valence-corrected chi connectivity index (χ2v) is 11.7. The lowest BCUT2D eigenvalue weighted by Gasteiger charge is -2.25. The monoisotopic (exact) mass is 651 g/mol. The minimum atomic E-state index is -4.49. The molecule has 0 radical (unpaired) electrons. The van der Waals surface area contributed by atoms with E-state index in [1.165, 1.54) is 35.1 Å². The Labute approximate surface area is 267 Å². The average Bonchev–Trinajstić information content (AvgIpc) is 3.32. The predicted octanol–water partition coefficient (Wildman–Crippen LogP) is 5.47. The van der Waals surface area contributed by atoms with Gasteiger partial charge in [0.15, 0.2) is 4.80 Å². The van der Waals surface area contributed by atoms with Crippen LogP contribution in [0.25, 0.3) is 6.08 Å². The zero-order valence-electron chi connectivity index (χ0n) is 25.8. The van der Waals surface area contributed by atoms with Gasteiger partial charge in [-0.15, -0.1) is 0 Å². The maximum Gasteiger partial charge on any atom is 0.416 e. The number of aromatic nitrogens is 1. The molecule has 2 heterocycles. The highest BCUT2D eigenvalue weighted by atomic mass is 32.1. The summed E-state index contributed by atoms with van der Waals surface area (Å²) in [6.07, 6.45) is -2.79. The Morgan fingerprint density at radius 1 is 1.09 bits per heavy atom. The van der Waals surface area contributed by atoms with Crippen molar-refractivity contribution in [1.82, 2.24) is 4.57 Å². The highest BCUT2D eigenvalue weighted by molar-refractivity contribution is 7.07. The molecular weight excluding hydrogens is 619 g/mol. The SMILES string of the molecule is CCOC(=O)C1=C(C)N=c2s/c(=C/c3ccc(OC)c(COc4cccc(C(F)(F)F)c4)c3)c(=O)n2C1c1ccc(N(C)C)cc1. The molecule has 0 saturated carbocycles. The number of carbonyl (C=O) groups excluding carboxylic acids is 1. The van der Waals surface area contributed by atoms with E-state index in [-0.39, 0.29) is 30.1 Å². The van der Waals surface area contributed by atoms with Crippen molar-refractivity contribution < 1.29 is 32.2 Å². The number of hydrogen-bond acceptors (Lipinski definition) is 8. The Bertz CT molecular complexity index is 1980. The molecular formula is C34H32F3N3O5S. The van der Waals surface area contributed by atoms with Gasteiger partial charge in [-0.1, -0.05) is 35.6 Å². The smallest absolute Gasteiger partial charge is 0.416 e. The van der Waals surface area contributed by atoms with Gasteiger partial charge in [0.1, 0.15) is 18.1 Å². The number of anilines is 1. The molecule has 0 N–H and O–H groups in total. The van der Waals surface area contributed by atoms with Crippen molar-refractivity contribution in [3.8, 4) is 11.5 Å². The fourth-order valence-corrected chi connectivity index (χ4v) is 6.18. The number of nitrogens with zero attached hydrogens (tertiary/aromatic N) is 3. The minimum Gasteiger partial charge on any atom is -0.496 e. The van der Waals surface area contributed by atoms with Gasteiger partial charge in [0.2, 0.25) is 0 Å². The third-order valence-electron chi connectivity index (χ3n) is 7.40. The van der Waals surface area contributed by atoms with E-state index in [0.29, 0.717) is 31.9 Å². The molecule has 1 aliphatic heterocycles. The number of benzene rings is 3. The Morgan fingerprint density at radius 3 is 2.48 bits per heavy atom. The number of ether oxygens (including phenoxy) is 3. The average molecular weight is 652 g/mol.